The molecule has 0 radical (unpaired) electrons. The van der Waals surface area contributed by atoms with Crippen LogP contribution in [0.25, 0.3) is 0 Å². The van der Waals surface area contributed by atoms with Gasteiger partial charge >= 0.3 is 0 Å². The Bertz CT molecular complexity index is 699. The zero-order valence-electron chi connectivity index (χ0n) is 13.3. The van der Waals surface area contributed by atoms with Gasteiger partial charge in [0.25, 0.3) is 5.91 Å². The summed E-state index contributed by atoms with van der Waals surface area (Å²) in [4.78, 5) is 12.2. The van der Waals surface area contributed by atoms with Gasteiger partial charge in [0.15, 0.2) is 0 Å². The van der Waals surface area contributed by atoms with E-state index in [0.29, 0.717) is 29.5 Å². The third-order valence-corrected chi connectivity index (χ3v) is 4.33. The molecule has 0 aromatic heterocycles. The summed E-state index contributed by atoms with van der Waals surface area (Å²) in [7, 11) is 0. The van der Waals surface area contributed by atoms with Crippen LogP contribution in [0.3, 0.4) is 0 Å². The van der Waals surface area contributed by atoms with Gasteiger partial charge in [-0.15, -0.1) is 0 Å². The standard InChI is InChI=1S/C19H20ClNO3/c20-18-9-2-1-5-15(18)13-24-16-7-3-6-14(11-16)19(22)21-12-17-8-4-10-23-17/h1-3,5-7,9,11,17H,4,8,10,12-13H2,(H,21,22). The van der Waals surface area contributed by atoms with E-state index in [1.165, 1.54) is 0 Å². The van der Waals surface area contributed by atoms with Gasteiger partial charge < -0.3 is 14.8 Å². The quantitative estimate of drug-likeness (QED) is 0.865. The van der Waals surface area contributed by atoms with Crippen molar-refractivity contribution in [3.05, 3.63) is 64.7 Å². The van der Waals surface area contributed by atoms with E-state index in [0.717, 1.165) is 25.0 Å². The molecular weight excluding hydrogens is 326 g/mol. The molecule has 126 valence electrons. The van der Waals surface area contributed by atoms with Crippen LogP contribution in [0.15, 0.2) is 48.5 Å². The van der Waals surface area contributed by atoms with Gasteiger partial charge in [-0.2, -0.15) is 0 Å². The van der Waals surface area contributed by atoms with Crippen LogP contribution < -0.4 is 10.1 Å². The number of rotatable bonds is 6. The zero-order valence-corrected chi connectivity index (χ0v) is 14.1. The molecule has 1 aliphatic heterocycles. The fourth-order valence-electron chi connectivity index (χ4n) is 2.62. The highest BCUT2D eigenvalue weighted by molar-refractivity contribution is 6.31. The first kappa shape index (κ1) is 16.8. The highest BCUT2D eigenvalue weighted by Gasteiger charge is 2.16. The Morgan fingerprint density at radius 1 is 1.25 bits per heavy atom. The number of halogens is 1. The lowest BCUT2D eigenvalue weighted by atomic mass is 10.2. The van der Waals surface area contributed by atoms with Gasteiger partial charge in [-0.25, -0.2) is 0 Å². The van der Waals surface area contributed by atoms with Crippen LogP contribution in [0.4, 0.5) is 0 Å². The molecule has 2 aromatic rings. The number of amides is 1. The van der Waals surface area contributed by atoms with Crippen molar-refractivity contribution < 1.29 is 14.3 Å². The smallest absolute Gasteiger partial charge is 0.251 e. The summed E-state index contributed by atoms with van der Waals surface area (Å²) < 4.78 is 11.3. The molecule has 1 saturated heterocycles. The molecule has 24 heavy (non-hydrogen) atoms. The van der Waals surface area contributed by atoms with Crippen LogP contribution in [-0.4, -0.2) is 25.2 Å². The maximum absolute atomic E-state index is 12.2. The Kier molecular flexibility index (Phi) is 5.72. The second-order valence-electron chi connectivity index (χ2n) is 5.75. The van der Waals surface area contributed by atoms with Crippen molar-refractivity contribution in [2.75, 3.05) is 13.2 Å². The molecule has 4 nitrogen and oxygen atoms in total. The van der Waals surface area contributed by atoms with Crippen molar-refractivity contribution in [2.24, 2.45) is 0 Å². The van der Waals surface area contributed by atoms with Gasteiger partial charge in [-0.05, 0) is 37.1 Å². The Hall–Kier alpha value is -2.04. The molecule has 1 N–H and O–H groups in total. The van der Waals surface area contributed by atoms with Crippen LogP contribution >= 0.6 is 11.6 Å². The van der Waals surface area contributed by atoms with Gasteiger partial charge in [-0.1, -0.05) is 35.9 Å². The molecule has 1 unspecified atom stereocenters. The molecule has 0 bridgehead atoms. The Morgan fingerprint density at radius 3 is 2.92 bits per heavy atom. The summed E-state index contributed by atoms with van der Waals surface area (Å²) in [5, 5.41) is 3.58. The van der Waals surface area contributed by atoms with E-state index >= 15 is 0 Å². The third kappa shape index (κ3) is 4.49. The highest BCUT2D eigenvalue weighted by Crippen LogP contribution is 2.19. The Morgan fingerprint density at radius 2 is 2.12 bits per heavy atom. The van der Waals surface area contributed by atoms with Crippen LogP contribution in [0, 0.1) is 0 Å². The monoisotopic (exact) mass is 345 g/mol. The number of carbonyl (C=O) groups is 1. The molecule has 0 saturated carbocycles. The SMILES string of the molecule is O=C(NCC1CCCO1)c1cccc(OCc2ccccc2Cl)c1. The molecule has 5 heteroatoms. The van der Waals surface area contributed by atoms with E-state index < -0.39 is 0 Å². The molecule has 3 rings (SSSR count). The van der Waals surface area contributed by atoms with Gasteiger partial charge in [0.2, 0.25) is 0 Å². The van der Waals surface area contributed by atoms with E-state index in [2.05, 4.69) is 5.32 Å². The normalized spacial score (nSPS) is 16.8. The molecule has 1 atom stereocenters. The first-order valence-corrected chi connectivity index (χ1v) is 8.46. The molecular formula is C19H20ClNO3. The average Bonchev–Trinajstić information content (AvgIpc) is 3.13. The summed E-state index contributed by atoms with van der Waals surface area (Å²) in [6.07, 6.45) is 2.20. The largest absolute Gasteiger partial charge is 0.489 e. The molecule has 0 aliphatic carbocycles. The van der Waals surface area contributed by atoms with Crippen LogP contribution in [-0.2, 0) is 11.3 Å². The van der Waals surface area contributed by atoms with Crippen molar-refractivity contribution in [2.45, 2.75) is 25.6 Å². The molecule has 0 spiro atoms. The van der Waals surface area contributed by atoms with E-state index in [1.54, 1.807) is 12.1 Å². The van der Waals surface area contributed by atoms with Crippen LogP contribution in [0.5, 0.6) is 5.75 Å². The highest BCUT2D eigenvalue weighted by atomic mass is 35.5. The predicted octanol–water partition coefficient (Wildman–Crippen LogP) is 3.83. The van der Waals surface area contributed by atoms with Crippen molar-refractivity contribution >= 4 is 17.5 Å². The molecule has 1 aliphatic rings. The van der Waals surface area contributed by atoms with Gasteiger partial charge in [0.1, 0.15) is 12.4 Å². The van der Waals surface area contributed by atoms with Gasteiger partial charge in [-0.3, -0.25) is 4.79 Å². The van der Waals surface area contributed by atoms with Crippen molar-refractivity contribution in [1.82, 2.24) is 5.32 Å². The number of ether oxygens (including phenoxy) is 2. The fraction of sp³-hybridized carbons (Fsp3) is 0.316. The van der Waals surface area contributed by atoms with Crippen molar-refractivity contribution in [3.63, 3.8) is 0 Å². The number of hydrogen-bond donors (Lipinski definition) is 1. The van der Waals surface area contributed by atoms with E-state index in [9.17, 15) is 4.79 Å². The lowest BCUT2D eigenvalue weighted by Gasteiger charge is -2.12. The number of nitrogens with one attached hydrogen (secondary N) is 1. The number of carbonyl (C=O) groups excluding carboxylic acids is 1. The fourth-order valence-corrected chi connectivity index (χ4v) is 2.81. The molecule has 1 heterocycles. The maximum atomic E-state index is 12.2. The maximum Gasteiger partial charge on any atom is 0.251 e. The molecule has 1 fully saturated rings. The summed E-state index contributed by atoms with van der Waals surface area (Å²) in [6, 6.07) is 14.7. The lowest BCUT2D eigenvalue weighted by Crippen LogP contribution is -2.31. The summed E-state index contributed by atoms with van der Waals surface area (Å²) in [5.74, 6) is 0.522. The minimum atomic E-state index is -0.117. The van der Waals surface area contributed by atoms with Crippen LogP contribution in [0.1, 0.15) is 28.8 Å². The van der Waals surface area contributed by atoms with E-state index in [-0.39, 0.29) is 12.0 Å². The predicted molar refractivity (Wildman–Crippen MR) is 93.5 cm³/mol. The summed E-state index contributed by atoms with van der Waals surface area (Å²) in [6.45, 7) is 1.69. The Balaban J connectivity index is 1.57. The minimum absolute atomic E-state index is 0.117. The third-order valence-electron chi connectivity index (χ3n) is 3.96. The van der Waals surface area contributed by atoms with Gasteiger partial charge in [0.05, 0.1) is 6.10 Å². The number of benzene rings is 2. The van der Waals surface area contributed by atoms with E-state index in [4.69, 9.17) is 21.1 Å². The average molecular weight is 346 g/mol. The summed E-state index contributed by atoms with van der Waals surface area (Å²) >= 11 is 6.12. The van der Waals surface area contributed by atoms with Gasteiger partial charge in [0, 0.05) is 29.3 Å². The second kappa shape index (κ2) is 8.18. The number of hydrogen-bond acceptors (Lipinski definition) is 3. The zero-order chi connectivity index (χ0) is 16.8. The summed E-state index contributed by atoms with van der Waals surface area (Å²) in [5.41, 5.74) is 1.48. The minimum Gasteiger partial charge on any atom is -0.489 e. The lowest BCUT2D eigenvalue weighted by molar-refractivity contribution is 0.0857. The first-order chi connectivity index (χ1) is 11.7. The molecule has 2 aromatic carbocycles. The van der Waals surface area contributed by atoms with Crippen molar-refractivity contribution in [3.8, 4) is 5.75 Å². The Labute approximate surface area is 146 Å². The first-order valence-electron chi connectivity index (χ1n) is 8.08. The van der Waals surface area contributed by atoms with Crippen molar-refractivity contribution in [1.29, 1.82) is 0 Å². The second-order valence-corrected chi connectivity index (χ2v) is 6.16. The van der Waals surface area contributed by atoms with E-state index in [1.807, 2.05) is 36.4 Å². The topological polar surface area (TPSA) is 47.6 Å². The molecule has 1 amide bonds. The van der Waals surface area contributed by atoms with Crippen LogP contribution in [0.2, 0.25) is 5.02 Å².